The molecular formula is C21H27NO5S. The number of rotatable bonds is 6. The van der Waals surface area contributed by atoms with Crippen LogP contribution < -0.4 is 0 Å². The van der Waals surface area contributed by atoms with Gasteiger partial charge in [-0.2, -0.15) is 8.42 Å². The van der Waals surface area contributed by atoms with Crippen LogP contribution in [0, 0.1) is 0 Å². The Labute approximate surface area is 166 Å². The van der Waals surface area contributed by atoms with Crippen molar-refractivity contribution in [3.05, 3.63) is 65.7 Å². The third-order valence-electron chi connectivity index (χ3n) is 5.45. The minimum Gasteiger partial charge on any atom is -0.508 e. The van der Waals surface area contributed by atoms with E-state index in [-0.39, 0.29) is 11.8 Å². The van der Waals surface area contributed by atoms with Crippen LogP contribution in [0.15, 0.2) is 54.6 Å². The van der Waals surface area contributed by atoms with Crippen LogP contribution in [0.2, 0.25) is 0 Å². The van der Waals surface area contributed by atoms with Gasteiger partial charge in [0.15, 0.2) is 0 Å². The van der Waals surface area contributed by atoms with Gasteiger partial charge in [0.1, 0.15) is 11.9 Å². The molecule has 0 aromatic heterocycles. The Kier molecular flexibility index (Phi) is 6.09. The van der Waals surface area contributed by atoms with Gasteiger partial charge < -0.3 is 10.2 Å². The highest BCUT2D eigenvalue weighted by molar-refractivity contribution is 7.86. The molecule has 2 aromatic carbocycles. The highest BCUT2D eigenvalue weighted by atomic mass is 32.2. The first-order valence-corrected chi connectivity index (χ1v) is 11.2. The molecule has 1 heterocycles. The number of aliphatic hydroxyl groups is 1. The van der Waals surface area contributed by atoms with Crippen molar-refractivity contribution in [2.75, 3.05) is 19.3 Å². The highest BCUT2D eigenvalue weighted by Crippen LogP contribution is 2.36. The molecule has 7 heteroatoms. The van der Waals surface area contributed by atoms with E-state index >= 15 is 0 Å². The lowest BCUT2D eigenvalue weighted by molar-refractivity contribution is -0.0465. The minimum atomic E-state index is -3.67. The van der Waals surface area contributed by atoms with E-state index in [1.165, 1.54) is 12.1 Å². The van der Waals surface area contributed by atoms with Crippen molar-refractivity contribution in [3.8, 4) is 5.75 Å². The number of benzene rings is 2. The van der Waals surface area contributed by atoms with Crippen LogP contribution in [0.25, 0.3) is 0 Å². The maximum absolute atomic E-state index is 11.8. The molecule has 2 unspecified atom stereocenters. The molecule has 152 valence electrons. The number of hydrogen-bond donors (Lipinski definition) is 2. The number of aromatic hydroxyl groups is 1. The van der Waals surface area contributed by atoms with Gasteiger partial charge in [0.05, 0.1) is 11.9 Å². The first-order chi connectivity index (χ1) is 13.2. The summed E-state index contributed by atoms with van der Waals surface area (Å²) in [5.41, 5.74) is 0.716. The number of nitrogens with zero attached hydrogens (tertiary/aromatic N) is 1. The molecule has 0 amide bonds. The summed E-state index contributed by atoms with van der Waals surface area (Å²) in [6.07, 6.45) is 1.46. The zero-order valence-corrected chi connectivity index (χ0v) is 17.0. The summed E-state index contributed by atoms with van der Waals surface area (Å²) in [5.74, 6) is 0.111. The molecule has 2 atom stereocenters. The second-order valence-corrected chi connectivity index (χ2v) is 9.09. The van der Waals surface area contributed by atoms with E-state index in [1.807, 2.05) is 37.3 Å². The van der Waals surface area contributed by atoms with Crippen molar-refractivity contribution < 1.29 is 22.8 Å². The minimum absolute atomic E-state index is 0.111. The lowest BCUT2D eigenvalue weighted by Crippen LogP contribution is -2.48. The molecule has 1 saturated heterocycles. The van der Waals surface area contributed by atoms with Gasteiger partial charge in [-0.1, -0.05) is 42.5 Å². The van der Waals surface area contributed by atoms with Crippen LogP contribution in [-0.2, 0) is 19.9 Å². The SMILES string of the molecule is CC(C(OS(C)(=O)=O)c1ccc(O)cc1)N1CCC(O)(c2ccccc2)CC1. The molecule has 2 aromatic rings. The Balaban J connectivity index is 1.76. The standard InChI is InChI=1S/C21H27NO5S/c1-16(20(27-28(2,25)26)17-8-10-19(23)11-9-17)22-14-12-21(24,13-15-22)18-6-4-3-5-7-18/h3-11,16,20,23-24H,12-15H2,1-2H3. The summed E-state index contributed by atoms with van der Waals surface area (Å²) < 4.78 is 29.1. The van der Waals surface area contributed by atoms with E-state index in [4.69, 9.17) is 4.18 Å². The van der Waals surface area contributed by atoms with Crippen LogP contribution in [0.4, 0.5) is 0 Å². The largest absolute Gasteiger partial charge is 0.508 e. The van der Waals surface area contributed by atoms with Gasteiger partial charge in [-0.15, -0.1) is 0 Å². The Morgan fingerprint density at radius 3 is 2.14 bits per heavy atom. The second kappa shape index (κ2) is 8.21. The van der Waals surface area contributed by atoms with Crippen molar-refractivity contribution in [2.45, 2.75) is 37.5 Å². The van der Waals surface area contributed by atoms with Crippen molar-refractivity contribution in [1.29, 1.82) is 0 Å². The van der Waals surface area contributed by atoms with Crippen LogP contribution >= 0.6 is 0 Å². The van der Waals surface area contributed by atoms with Gasteiger partial charge in [-0.3, -0.25) is 9.08 Å². The molecule has 6 nitrogen and oxygen atoms in total. The summed E-state index contributed by atoms with van der Waals surface area (Å²) in [5, 5.41) is 20.6. The zero-order chi connectivity index (χ0) is 20.4. The predicted octanol–water partition coefficient (Wildman–Crippen LogP) is 2.78. The van der Waals surface area contributed by atoms with Gasteiger partial charge >= 0.3 is 0 Å². The predicted molar refractivity (Wildman–Crippen MR) is 107 cm³/mol. The zero-order valence-electron chi connectivity index (χ0n) is 16.2. The lowest BCUT2D eigenvalue weighted by Gasteiger charge is -2.42. The normalized spacial score (nSPS) is 19.8. The van der Waals surface area contributed by atoms with Gasteiger partial charge in [-0.05, 0) is 43.0 Å². The van der Waals surface area contributed by atoms with Crippen LogP contribution in [0.3, 0.4) is 0 Å². The van der Waals surface area contributed by atoms with E-state index in [2.05, 4.69) is 4.90 Å². The molecule has 0 bridgehead atoms. The summed E-state index contributed by atoms with van der Waals surface area (Å²) >= 11 is 0. The van der Waals surface area contributed by atoms with Crippen molar-refractivity contribution >= 4 is 10.1 Å². The van der Waals surface area contributed by atoms with Gasteiger partial charge in [0.2, 0.25) is 0 Å². The molecule has 1 aliphatic heterocycles. The number of piperidine rings is 1. The molecule has 0 saturated carbocycles. The maximum atomic E-state index is 11.8. The fourth-order valence-corrected chi connectivity index (χ4v) is 4.45. The van der Waals surface area contributed by atoms with E-state index < -0.39 is 21.8 Å². The van der Waals surface area contributed by atoms with Crippen molar-refractivity contribution in [1.82, 2.24) is 4.90 Å². The highest BCUT2D eigenvalue weighted by Gasteiger charge is 2.37. The molecule has 1 fully saturated rings. The molecule has 0 radical (unpaired) electrons. The monoisotopic (exact) mass is 405 g/mol. The molecule has 3 rings (SSSR count). The average molecular weight is 406 g/mol. The van der Waals surface area contributed by atoms with Crippen molar-refractivity contribution in [2.24, 2.45) is 0 Å². The number of hydrogen-bond acceptors (Lipinski definition) is 6. The van der Waals surface area contributed by atoms with Crippen molar-refractivity contribution in [3.63, 3.8) is 0 Å². The molecule has 0 spiro atoms. The Morgan fingerprint density at radius 2 is 1.61 bits per heavy atom. The molecule has 1 aliphatic rings. The summed E-state index contributed by atoms with van der Waals surface area (Å²) in [4.78, 5) is 2.14. The van der Waals surface area contributed by atoms with E-state index in [0.717, 1.165) is 11.8 Å². The lowest BCUT2D eigenvalue weighted by atomic mass is 9.83. The average Bonchev–Trinajstić information content (AvgIpc) is 2.67. The number of likely N-dealkylation sites (tertiary alicyclic amines) is 1. The topological polar surface area (TPSA) is 87.1 Å². The Bertz CT molecular complexity index is 875. The smallest absolute Gasteiger partial charge is 0.265 e. The van der Waals surface area contributed by atoms with E-state index in [0.29, 0.717) is 31.5 Å². The fraction of sp³-hybridized carbons (Fsp3) is 0.429. The first kappa shape index (κ1) is 20.8. The fourth-order valence-electron chi connectivity index (χ4n) is 3.80. The summed E-state index contributed by atoms with van der Waals surface area (Å²) in [7, 11) is -3.67. The number of phenolic OH excluding ortho intramolecular Hbond substituents is 1. The molecular weight excluding hydrogens is 378 g/mol. The van der Waals surface area contributed by atoms with E-state index in [9.17, 15) is 18.6 Å². The Hall–Kier alpha value is -1.93. The summed E-state index contributed by atoms with van der Waals surface area (Å²) in [6.45, 7) is 3.16. The second-order valence-electron chi connectivity index (χ2n) is 7.49. The summed E-state index contributed by atoms with van der Waals surface area (Å²) in [6, 6.07) is 15.8. The molecule has 2 N–H and O–H groups in total. The van der Waals surface area contributed by atoms with Gasteiger partial charge in [0.25, 0.3) is 10.1 Å². The van der Waals surface area contributed by atoms with Crippen LogP contribution in [0.1, 0.15) is 37.0 Å². The van der Waals surface area contributed by atoms with Gasteiger partial charge in [-0.25, -0.2) is 0 Å². The maximum Gasteiger partial charge on any atom is 0.265 e. The van der Waals surface area contributed by atoms with Gasteiger partial charge in [0, 0.05) is 19.1 Å². The quantitative estimate of drug-likeness (QED) is 0.719. The number of phenols is 1. The van der Waals surface area contributed by atoms with Crippen LogP contribution in [-0.4, -0.2) is 48.9 Å². The Morgan fingerprint density at radius 1 is 1.04 bits per heavy atom. The van der Waals surface area contributed by atoms with Crippen LogP contribution in [0.5, 0.6) is 5.75 Å². The third-order valence-corrected chi connectivity index (χ3v) is 6.01. The van der Waals surface area contributed by atoms with E-state index in [1.54, 1.807) is 12.1 Å². The molecule has 0 aliphatic carbocycles. The first-order valence-electron chi connectivity index (χ1n) is 9.37. The molecule has 28 heavy (non-hydrogen) atoms. The third kappa shape index (κ3) is 4.91.